The number of ether oxygens (including phenoxy) is 2. The Hall–Kier alpha value is -1.59. The number of anilines is 1. The molecule has 0 aliphatic carbocycles. The number of rotatable bonds is 7. The minimum Gasteiger partial charge on any atom is -0.494 e. The lowest BCUT2D eigenvalue weighted by Crippen LogP contribution is -2.06. The monoisotopic (exact) mass is 278 g/mol. The largest absolute Gasteiger partial charge is 0.494 e. The summed E-state index contributed by atoms with van der Waals surface area (Å²) in [4.78, 5) is 5.49. The lowest BCUT2D eigenvalue weighted by Gasteiger charge is -2.03. The third-order valence-corrected chi connectivity index (χ3v) is 3.54. The summed E-state index contributed by atoms with van der Waals surface area (Å²) in [6.45, 7) is 4.12. The number of nitrogens with zero attached hydrogens (tertiary/aromatic N) is 1. The zero-order chi connectivity index (χ0) is 13.5. The molecule has 0 amide bonds. The first-order valence-electron chi connectivity index (χ1n) is 6.25. The molecule has 1 heterocycles. The van der Waals surface area contributed by atoms with E-state index in [9.17, 15) is 0 Å². The molecule has 0 saturated heterocycles. The van der Waals surface area contributed by atoms with Gasteiger partial charge in [-0.1, -0.05) is 11.3 Å². The molecule has 0 bridgehead atoms. The van der Waals surface area contributed by atoms with Crippen LogP contribution in [0.2, 0.25) is 0 Å². The van der Waals surface area contributed by atoms with Crippen molar-refractivity contribution in [1.29, 1.82) is 0 Å². The quantitative estimate of drug-likeness (QED) is 0.789. The van der Waals surface area contributed by atoms with E-state index in [4.69, 9.17) is 9.47 Å². The molecule has 5 heteroatoms. The van der Waals surface area contributed by atoms with E-state index in [2.05, 4.69) is 22.4 Å². The number of hydrogen-bond acceptors (Lipinski definition) is 5. The van der Waals surface area contributed by atoms with Gasteiger partial charge >= 0.3 is 0 Å². The van der Waals surface area contributed by atoms with Gasteiger partial charge in [-0.2, -0.15) is 0 Å². The molecule has 1 aromatic heterocycles. The van der Waals surface area contributed by atoms with Crippen LogP contribution in [0.5, 0.6) is 5.75 Å². The highest BCUT2D eigenvalue weighted by Crippen LogP contribution is 2.29. The first-order valence-corrected chi connectivity index (χ1v) is 7.07. The number of methoxy groups -OCH3 is 1. The average Bonchev–Trinajstić information content (AvgIpc) is 2.89. The molecule has 0 spiro atoms. The van der Waals surface area contributed by atoms with Crippen LogP contribution >= 0.6 is 11.3 Å². The first kappa shape index (κ1) is 13.8. The van der Waals surface area contributed by atoms with Crippen LogP contribution in [0.3, 0.4) is 0 Å². The summed E-state index contributed by atoms with van der Waals surface area (Å²) in [5.41, 5.74) is 1.15. The molecule has 1 aromatic carbocycles. The zero-order valence-electron chi connectivity index (χ0n) is 11.2. The second kappa shape index (κ2) is 7.11. The lowest BCUT2D eigenvalue weighted by molar-refractivity contribution is 0.211. The van der Waals surface area contributed by atoms with Gasteiger partial charge in [-0.25, -0.2) is 4.98 Å². The van der Waals surface area contributed by atoms with Gasteiger partial charge in [0.2, 0.25) is 0 Å². The Kier molecular flexibility index (Phi) is 5.18. The first-order chi connectivity index (χ1) is 9.33. The Bertz CT molecular complexity index is 496. The van der Waals surface area contributed by atoms with Crippen LogP contribution < -0.4 is 10.1 Å². The fraction of sp³-hybridized carbons (Fsp3) is 0.357. The molecular weight excluding hydrogens is 260 g/mol. The maximum atomic E-state index is 5.43. The summed E-state index contributed by atoms with van der Waals surface area (Å²) >= 11 is 1.64. The summed E-state index contributed by atoms with van der Waals surface area (Å²) in [5.74, 6) is 0.897. The molecule has 0 atom stereocenters. The fourth-order valence-electron chi connectivity index (χ4n) is 1.63. The van der Waals surface area contributed by atoms with Crippen molar-refractivity contribution < 1.29 is 9.47 Å². The van der Waals surface area contributed by atoms with Gasteiger partial charge in [-0.05, 0) is 36.8 Å². The maximum Gasteiger partial charge on any atom is 0.183 e. The molecule has 102 valence electrons. The Balaban J connectivity index is 2.01. The van der Waals surface area contributed by atoms with Crippen LogP contribution in [0.4, 0.5) is 5.13 Å². The number of thiazole rings is 1. The normalized spacial score (nSPS) is 10.4. The zero-order valence-corrected chi connectivity index (χ0v) is 12.0. The number of nitrogens with one attached hydrogen (secondary N) is 1. The van der Waals surface area contributed by atoms with Gasteiger partial charge < -0.3 is 14.8 Å². The Morgan fingerprint density at radius 1 is 1.26 bits per heavy atom. The van der Waals surface area contributed by atoms with Crippen LogP contribution in [0, 0.1) is 0 Å². The van der Waals surface area contributed by atoms with Gasteiger partial charge in [0.05, 0.1) is 18.1 Å². The SMILES string of the molecule is CCOc1ccc(-c2cnc(NCCOC)s2)cc1. The van der Waals surface area contributed by atoms with Crippen molar-refractivity contribution in [2.24, 2.45) is 0 Å². The number of benzene rings is 1. The van der Waals surface area contributed by atoms with Crippen LogP contribution in [-0.2, 0) is 4.74 Å². The molecule has 0 unspecified atom stereocenters. The van der Waals surface area contributed by atoms with E-state index in [1.54, 1.807) is 18.4 Å². The van der Waals surface area contributed by atoms with Crippen molar-refractivity contribution in [1.82, 2.24) is 4.98 Å². The molecule has 1 N–H and O–H groups in total. The van der Waals surface area contributed by atoms with Gasteiger partial charge in [0, 0.05) is 19.9 Å². The van der Waals surface area contributed by atoms with Gasteiger partial charge in [0.15, 0.2) is 5.13 Å². The standard InChI is InChI=1S/C14H18N2O2S/c1-3-18-12-6-4-11(5-7-12)13-10-16-14(19-13)15-8-9-17-2/h4-7,10H,3,8-9H2,1-2H3,(H,15,16). The summed E-state index contributed by atoms with van der Waals surface area (Å²) in [6.07, 6.45) is 1.88. The molecule has 0 aliphatic heterocycles. The Labute approximate surface area is 117 Å². The van der Waals surface area contributed by atoms with E-state index in [1.165, 1.54) is 0 Å². The molecule has 0 saturated carbocycles. The van der Waals surface area contributed by atoms with Crippen LogP contribution in [0.25, 0.3) is 10.4 Å². The van der Waals surface area contributed by atoms with Gasteiger partial charge in [0.1, 0.15) is 5.75 Å². The summed E-state index contributed by atoms with van der Waals surface area (Å²) < 4.78 is 10.4. The van der Waals surface area contributed by atoms with Gasteiger partial charge in [-0.3, -0.25) is 0 Å². The third-order valence-electron chi connectivity index (χ3n) is 2.54. The predicted molar refractivity (Wildman–Crippen MR) is 79.1 cm³/mol. The number of hydrogen-bond donors (Lipinski definition) is 1. The molecule has 19 heavy (non-hydrogen) atoms. The third kappa shape index (κ3) is 3.94. The van der Waals surface area contributed by atoms with Crippen LogP contribution in [-0.4, -0.2) is 31.9 Å². The minimum absolute atomic E-state index is 0.679. The van der Waals surface area contributed by atoms with Crippen molar-refractivity contribution in [2.45, 2.75) is 6.92 Å². The highest BCUT2D eigenvalue weighted by atomic mass is 32.1. The average molecular weight is 278 g/mol. The van der Waals surface area contributed by atoms with Crippen molar-refractivity contribution in [2.75, 3.05) is 32.2 Å². The van der Waals surface area contributed by atoms with E-state index in [0.717, 1.165) is 27.9 Å². The predicted octanol–water partition coefficient (Wildman–Crippen LogP) is 3.27. The smallest absolute Gasteiger partial charge is 0.183 e. The lowest BCUT2D eigenvalue weighted by atomic mass is 10.2. The van der Waals surface area contributed by atoms with E-state index in [0.29, 0.717) is 13.2 Å². The van der Waals surface area contributed by atoms with Gasteiger partial charge in [0.25, 0.3) is 0 Å². The van der Waals surface area contributed by atoms with E-state index in [1.807, 2.05) is 25.3 Å². The second-order valence-electron chi connectivity index (χ2n) is 3.91. The Morgan fingerprint density at radius 2 is 2.05 bits per heavy atom. The second-order valence-corrected chi connectivity index (χ2v) is 4.94. The van der Waals surface area contributed by atoms with Crippen molar-refractivity contribution in [3.63, 3.8) is 0 Å². The fourth-order valence-corrected chi connectivity index (χ4v) is 2.48. The van der Waals surface area contributed by atoms with E-state index in [-0.39, 0.29) is 0 Å². The topological polar surface area (TPSA) is 43.4 Å². The number of aromatic nitrogens is 1. The van der Waals surface area contributed by atoms with Gasteiger partial charge in [-0.15, -0.1) is 0 Å². The van der Waals surface area contributed by atoms with E-state index < -0.39 is 0 Å². The molecule has 0 radical (unpaired) electrons. The molecule has 0 fully saturated rings. The molecular formula is C14H18N2O2S. The summed E-state index contributed by atoms with van der Waals surface area (Å²) in [7, 11) is 1.69. The molecule has 2 aromatic rings. The maximum absolute atomic E-state index is 5.43. The van der Waals surface area contributed by atoms with Crippen molar-refractivity contribution >= 4 is 16.5 Å². The minimum atomic E-state index is 0.679. The Morgan fingerprint density at radius 3 is 2.74 bits per heavy atom. The highest BCUT2D eigenvalue weighted by molar-refractivity contribution is 7.18. The van der Waals surface area contributed by atoms with Crippen molar-refractivity contribution in [3.8, 4) is 16.2 Å². The molecule has 4 nitrogen and oxygen atoms in total. The van der Waals surface area contributed by atoms with Crippen LogP contribution in [0.1, 0.15) is 6.92 Å². The van der Waals surface area contributed by atoms with Crippen molar-refractivity contribution in [3.05, 3.63) is 30.5 Å². The summed E-state index contributed by atoms with van der Waals surface area (Å²) in [6, 6.07) is 8.07. The summed E-state index contributed by atoms with van der Waals surface area (Å²) in [5, 5.41) is 4.14. The molecule has 2 rings (SSSR count). The van der Waals surface area contributed by atoms with E-state index >= 15 is 0 Å². The van der Waals surface area contributed by atoms with Crippen LogP contribution in [0.15, 0.2) is 30.5 Å². The highest BCUT2D eigenvalue weighted by Gasteiger charge is 2.04. The molecule has 0 aliphatic rings.